The minimum absolute atomic E-state index is 0.0302. The van der Waals surface area contributed by atoms with Crippen LogP contribution in [0.15, 0.2) is 30.3 Å². The summed E-state index contributed by atoms with van der Waals surface area (Å²) in [6.07, 6.45) is 13.2. The molecule has 0 aliphatic heterocycles. The molecule has 2 saturated carbocycles. The molecule has 2 aliphatic rings. The van der Waals surface area contributed by atoms with Crippen molar-refractivity contribution in [2.45, 2.75) is 70.3 Å². The van der Waals surface area contributed by atoms with Gasteiger partial charge in [0, 0.05) is 11.7 Å². The van der Waals surface area contributed by atoms with Crippen LogP contribution >= 0.6 is 0 Å². The van der Waals surface area contributed by atoms with E-state index in [0.29, 0.717) is 17.9 Å². The Kier molecular flexibility index (Phi) is 5.95. The van der Waals surface area contributed by atoms with Crippen molar-refractivity contribution in [2.24, 2.45) is 11.8 Å². The monoisotopic (exact) mass is 314 g/mol. The fourth-order valence-corrected chi connectivity index (χ4v) is 4.45. The van der Waals surface area contributed by atoms with Gasteiger partial charge in [0.2, 0.25) is 0 Å². The Morgan fingerprint density at radius 2 is 1.35 bits per heavy atom. The molecule has 0 aromatic heterocycles. The van der Waals surface area contributed by atoms with Crippen LogP contribution in [0.3, 0.4) is 0 Å². The molecule has 3 heteroatoms. The van der Waals surface area contributed by atoms with E-state index in [4.69, 9.17) is 0 Å². The second-order valence-corrected chi connectivity index (χ2v) is 7.29. The Morgan fingerprint density at radius 1 is 0.826 bits per heavy atom. The van der Waals surface area contributed by atoms with Crippen LogP contribution in [0.4, 0.5) is 10.5 Å². The van der Waals surface area contributed by atoms with Gasteiger partial charge in [0.15, 0.2) is 0 Å². The number of benzene rings is 1. The summed E-state index contributed by atoms with van der Waals surface area (Å²) in [5.41, 5.74) is 0.871. The van der Waals surface area contributed by atoms with Gasteiger partial charge in [-0.15, -0.1) is 0 Å². The predicted molar refractivity (Wildman–Crippen MR) is 95.5 cm³/mol. The van der Waals surface area contributed by atoms with E-state index in [2.05, 4.69) is 10.6 Å². The molecule has 2 fully saturated rings. The van der Waals surface area contributed by atoms with Gasteiger partial charge in [-0.25, -0.2) is 4.79 Å². The zero-order chi connectivity index (χ0) is 15.9. The van der Waals surface area contributed by atoms with E-state index in [9.17, 15) is 4.79 Å². The number of amides is 2. The average Bonchev–Trinajstić information content (AvgIpc) is 2.62. The molecule has 0 spiro atoms. The summed E-state index contributed by atoms with van der Waals surface area (Å²) in [4.78, 5) is 12.5. The van der Waals surface area contributed by atoms with E-state index in [1.54, 1.807) is 0 Å². The van der Waals surface area contributed by atoms with E-state index in [1.165, 1.54) is 64.2 Å². The van der Waals surface area contributed by atoms with Crippen LogP contribution in [0, 0.1) is 11.8 Å². The van der Waals surface area contributed by atoms with Gasteiger partial charge < -0.3 is 10.6 Å². The summed E-state index contributed by atoms with van der Waals surface area (Å²) in [5.74, 6) is 1.35. The SMILES string of the molecule is O=C(Nc1ccccc1)NC(C1CCCCC1)C1CCCCC1. The summed E-state index contributed by atoms with van der Waals surface area (Å²) in [7, 11) is 0. The number of rotatable bonds is 4. The zero-order valence-corrected chi connectivity index (χ0v) is 14.1. The number of carbonyl (C=O) groups excluding carboxylic acids is 1. The summed E-state index contributed by atoms with van der Waals surface area (Å²) in [6, 6.07) is 10.1. The molecule has 0 atom stereocenters. The molecule has 2 N–H and O–H groups in total. The number of hydrogen-bond acceptors (Lipinski definition) is 1. The highest BCUT2D eigenvalue weighted by molar-refractivity contribution is 5.89. The maximum Gasteiger partial charge on any atom is 0.319 e. The normalized spacial score (nSPS) is 20.4. The molecular formula is C20H30N2O. The van der Waals surface area contributed by atoms with Crippen LogP contribution in [0.1, 0.15) is 64.2 Å². The smallest absolute Gasteiger partial charge is 0.319 e. The predicted octanol–water partition coefficient (Wildman–Crippen LogP) is 5.34. The molecule has 0 saturated heterocycles. The fraction of sp³-hybridized carbons (Fsp3) is 0.650. The van der Waals surface area contributed by atoms with Gasteiger partial charge in [0.25, 0.3) is 0 Å². The van der Waals surface area contributed by atoms with Crippen LogP contribution in [0.5, 0.6) is 0 Å². The lowest BCUT2D eigenvalue weighted by Crippen LogP contribution is -2.48. The van der Waals surface area contributed by atoms with Crippen LogP contribution < -0.4 is 10.6 Å². The van der Waals surface area contributed by atoms with Crippen molar-refractivity contribution < 1.29 is 4.79 Å². The lowest BCUT2D eigenvalue weighted by Gasteiger charge is -2.38. The Labute approximate surface area is 140 Å². The van der Waals surface area contributed by atoms with Crippen molar-refractivity contribution in [1.29, 1.82) is 0 Å². The van der Waals surface area contributed by atoms with Crippen molar-refractivity contribution in [3.63, 3.8) is 0 Å². The maximum absolute atomic E-state index is 12.5. The molecule has 2 aliphatic carbocycles. The lowest BCUT2D eigenvalue weighted by molar-refractivity contribution is 0.174. The lowest BCUT2D eigenvalue weighted by atomic mass is 9.74. The minimum atomic E-state index is -0.0302. The second-order valence-electron chi connectivity index (χ2n) is 7.29. The molecule has 1 aromatic rings. The van der Waals surface area contributed by atoms with Crippen molar-refractivity contribution in [3.8, 4) is 0 Å². The number of para-hydroxylation sites is 1. The van der Waals surface area contributed by atoms with E-state index < -0.39 is 0 Å². The molecule has 3 rings (SSSR count). The highest BCUT2D eigenvalue weighted by atomic mass is 16.2. The molecule has 3 nitrogen and oxygen atoms in total. The van der Waals surface area contributed by atoms with Crippen LogP contribution in [0.25, 0.3) is 0 Å². The topological polar surface area (TPSA) is 41.1 Å². The molecule has 126 valence electrons. The largest absolute Gasteiger partial charge is 0.335 e. The first-order valence-electron chi connectivity index (χ1n) is 9.45. The Morgan fingerprint density at radius 3 is 1.87 bits per heavy atom. The summed E-state index contributed by atoms with van der Waals surface area (Å²) in [6.45, 7) is 0. The number of hydrogen-bond donors (Lipinski definition) is 2. The molecule has 1 aromatic carbocycles. The molecular weight excluding hydrogens is 284 g/mol. The molecule has 23 heavy (non-hydrogen) atoms. The summed E-state index contributed by atoms with van der Waals surface area (Å²) in [5, 5.41) is 6.36. The van der Waals surface area contributed by atoms with Crippen molar-refractivity contribution in [2.75, 3.05) is 5.32 Å². The Balaban J connectivity index is 1.63. The van der Waals surface area contributed by atoms with Crippen LogP contribution in [-0.2, 0) is 0 Å². The average molecular weight is 314 g/mol. The maximum atomic E-state index is 12.5. The molecule has 0 heterocycles. The number of urea groups is 1. The number of carbonyl (C=O) groups is 1. The molecule has 0 unspecified atom stereocenters. The molecule has 2 amide bonds. The third-order valence-electron chi connectivity index (χ3n) is 5.64. The highest BCUT2D eigenvalue weighted by Gasteiger charge is 2.32. The first-order valence-corrected chi connectivity index (χ1v) is 9.45. The minimum Gasteiger partial charge on any atom is -0.335 e. The molecule has 0 radical (unpaired) electrons. The van der Waals surface area contributed by atoms with Gasteiger partial charge in [-0.2, -0.15) is 0 Å². The van der Waals surface area contributed by atoms with E-state index >= 15 is 0 Å². The van der Waals surface area contributed by atoms with E-state index in [1.807, 2.05) is 30.3 Å². The van der Waals surface area contributed by atoms with Gasteiger partial charge in [0.05, 0.1) is 0 Å². The Bertz CT molecular complexity index is 458. The van der Waals surface area contributed by atoms with Crippen LogP contribution in [0.2, 0.25) is 0 Å². The zero-order valence-electron chi connectivity index (χ0n) is 14.1. The summed E-state index contributed by atoms with van der Waals surface area (Å²) < 4.78 is 0. The van der Waals surface area contributed by atoms with Gasteiger partial charge >= 0.3 is 6.03 Å². The fourth-order valence-electron chi connectivity index (χ4n) is 4.45. The summed E-state index contributed by atoms with van der Waals surface area (Å²) >= 11 is 0. The van der Waals surface area contributed by atoms with Gasteiger partial charge in [0.1, 0.15) is 0 Å². The first-order chi connectivity index (χ1) is 11.3. The Hall–Kier alpha value is -1.51. The standard InChI is InChI=1S/C20H30N2O/c23-20(21-18-14-8-3-9-15-18)22-19(16-10-4-1-5-11-16)17-12-6-2-7-13-17/h3,8-9,14-17,19H,1-2,4-7,10-13H2,(H2,21,22,23). The second kappa shape index (κ2) is 8.37. The highest BCUT2D eigenvalue weighted by Crippen LogP contribution is 2.35. The third-order valence-corrected chi connectivity index (χ3v) is 5.64. The van der Waals surface area contributed by atoms with Gasteiger partial charge in [-0.1, -0.05) is 56.7 Å². The first kappa shape index (κ1) is 16.4. The van der Waals surface area contributed by atoms with E-state index in [-0.39, 0.29) is 6.03 Å². The van der Waals surface area contributed by atoms with Gasteiger partial charge in [-0.3, -0.25) is 0 Å². The quantitative estimate of drug-likeness (QED) is 0.774. The molecule has 0 bridgehead atoms. The third kappa shape index (κ3) is 4.73. The van der Waals surface area contributed by atoms with Crippen molar-refractivity contribution >= 4 is 11.7 Å². The van der Waals surface area contributed by atoms with E-state index in [0.717, 1.165) is 5.69 Å². The van der Waals surface area contributed by atoms with Crippen molar-refractivity contribution in [1.82, 2.24) is 5.32 Å². The number of nitrogens with one attached hydrogen (secondary N) is 2. The van der Waals surface area contributed by atoms with Crippen molar-refractivity contribution in [3.05, 3.63) is 30.3 Å². The van der Waals surface area contributed by atoms with Crippen LogP contribution in [-0.4, -0.2) is 12.1 Å². The number of anilines is 1. The van der Waals surface area contributed by atoms with Gasteiger partial charge in [-0.05, 0) is 49.7 Å².